The molecule has 0 unspecified atom stereocenters. The van der Waals surface area contributed by atoms with E-state index in [2.05, 4.69) is 29.5 Å². The number of pyridine rings is 1. The third-order valence-corrected chi connectivity index (χ3v) is 3.05. The van der Waals surface area contributed by atoms with Gasteiger partial charge >= 0.3 is 0 Å². The van der Waals surface area contributed by atoms with Crippen molar-refractivity contribution in [2.24, 2.45) is 5.92 Å². The van der Waals surface area contributed by atoms with E-state index in [9.17, 15) is 0 Å². The van der Waals surface area contributed by atoms with Gasteiger partial charge in [0.1, 0.15) is 11.6 Å². The van der Waals surface area contributed by atoms with Crippen LogP contribution in [0.5, 0.6) is 0 Å². The van der Waals surface area contributed by atoms with Crippen molar-refractivity contribution in [3.63, 3.8) is 0 Å². The van der Waals surface area contributed by atoms with E-state index in [1.165, 1.54) is 12.8 Å². The van der Waals surface area contributed by atoms with Crippen LogP contribution in [0.2, 0.25) is 0 Å². The molecule has 2 N–H and O–H groups in total. The third-order valence-electron chi connectivity index (χ3n) is 3.05. The first-order valence-corrected chi connectivity index (χ1v) is 5.55. The average molecular weight is 205 g/mol. The van der Waals surface area contributed by atoms with Gasteiger partial charge in [-0.2, -0.15) is 0 Å². The monoisotopic (exact) mass is 205 g/mol. The lowest BCUT2D eigenvalue weighted by atomic mass is 9.99. The SMILES string of the molecule is CNc1cccc(NC(C)(C)C2CC2)n1. The molecule has 15 heavy (non-hydrogen) atoms. The Morgan fingerprint density at radius 2 is 1.93 bits per heavy atom. The van der Waals surface area contributed by atoms with E-state index in [4.69, 9.17) is 0 Å². The number of aromatic nitrogens is 1. The Morgan fingerprint density at radius 3 is 2.53 bits per heavy atom. The third kappa shape index (κ3) is 2.41. The average Bonchev–Trinajstić information content (AvgIpc) is 3.00. The molecule has 0 amide bonds. The lowest BCUT2D eigenvalue weighted by Gasteiger charge is -2.26. The molecular formula is C12H19N3. The zero-order valence-corrected chi connectivity index (χ0v) is 9.67. The first-order valence-electron chi connectivity index (χ1n) is 5.55. The Kier molecular flexibility index (Phi) is 2.55. The van der Waals surface area contributed by atoms with E-state index in [0.29, 0.717) is 0 Å². The molecule has 2 rings (SSSR count). The number of hydrogen-bond acceptors (Lipinski definition) is 3. The molecular weight excluding hydrogens is 186 g/mol. The maximum Gasteiger partial charge on any atom is 0.128 e. The van der Waals surface area contributed by atoms with Crippen LogP contribution in [0.15, 0.2) is 18.2 Å². The predicted molar refractivity (Wildman–Crippen MR) is 64.2 cm³/mol. The quantitative estimate of drug-likeness (QED) is 0.793. The van der Waals surface area contributed by atoms with Crippen molar-refractivity contribution in [1.82, 2.24) is 4.98 Å². The smallest absolute Gasteiger partial charge is 0.128 e. The molecule has 0 spiro atoms. The minimum absolute atomic E-state index is 0.166. The molecule has 3 heteroatoms. The lowest BCUT2D eigenvalue weighted by Crippen LogP contribution is -2.33. The fourth-order valence-corrected chi connectivity index (χ4v) is 1.88. The maximum absolute atomic E-state index is 4.46. The van der Waals surface area contributed by atoms with Crippen molar-refractivity contribution in [1.29, 1.82) is 0 Å². The summed E-state index contributed by atoms with van der Waals surface area (Å²) in [6.07, 6.45) is 2.68. The van der Waals surface area contributed by atoms with E-state index >= 15 is 0 Å². The topological polar surface area (TPSA) is 37.0 Å². The predicted octanol–water partition coefficient (Wildman–Crippen LogP) is 2.72. The van der Waals surface area contributed by atoms with Crippen LogP contribution in [0.3, 0.4) is 0 Å². The molecule has 0 atom stereocenters. The Hall–Kier alpha value is -1.25. The van der Waals surface area contributed by atoms with Crippen LogP contribution in [0, 0.1) is 5.92 Å². The Labute approximate surface area is 91.3 Å². The fourth-order valence-electron chi connectivity index (χ4n) is 1.88. The first kappa shape index (κ1) is 10.3. The minimum Gasteiger partial charge on any atom is -0.373 e. The van der Waals surface area contributed by atoms with Crippen LogP contribution in [0.25, 0.3) is 0 Å². The standard InChI is InChI=1S/C12H19N3/c1-12(2,9-7-8-9)15-11-6-4-5-10(13-3)14-11/h4-6,9H,7-8H2,1-3H3,(H2,13,14,15). The molecule has 1 aromatic rings. The van der Waals surface area contributed by atoms with Gasteiger partial charge in [-0.3, -0.25) is 0 Å². The molecule has 1 fully saturated rings. The van der Waals surface area contributed by atoms with E-state index in [0.717, 1.165) is 17.6 Å². The summed E-state index contributed by atoms with van der Waals surface area (Å²) in [5, 5.41) is 6.55. The first-order chi connectivity index (χ1) is 7.12. The molecule has 0 aromatic carbocycles. The molecule has 0 radical (unpaired) electrons. The highest BCUT2D eigenvalue weighted by Gasteiger charge is 2.37. The van der Waals surface area contributed by atoms with Crippen molar-refractivity contribution in [2.75, 3.05) is 17.7 Å². The molecule has 1 saturated carbocycles. The van der Waals surface area contributed by atoms with Gasteiger partial charge in [0.2, 0.25) is 0 Å². The fraction of sp³-hybridized carbons (Fsp3) is 0.583. The second-order valence-electron chi connectivity index (χ2n) is 4.78. The van der Waals surface area contributed by atoms with Gasteiger partial charge in [-0.25, -0.2) is 4.98 Å². The molecule has 1 aliphatic carbocycles. The van der Waals surface area contributed by atoms with E-state index in [1.54, 1.807) is 0 Å². The molecule has 1 aromatic heterocycles. The van der Waals surface area contributed by atoms with Crippen LogP contribution in [-0.4, -0.2) is 17.6 Å². The number of rotatable bonds is 4. The molecule has 0 aliphatic heterocycles. The summed E-state index contributed by atoms with van der Waals surface area (Å²) in [6, 6.07) is 6.00. The maximum atomic E-state index is 4.46. The molecule has 1 aliphatic rings. The normalized spacial score (nSPS) is 16.2. The van der Waals surface area contributed by atoms with Crippen molar-refractivity contribution in [3.8, 4) is 0 Å². The summed E-state index contributed by atoms with van der Waals surface area (Å²) < 4.78 is 0. The van der Waals surface area contributed by atoms with Crippen molar-refractivity contribution >= 4 is 11.6 Å². The molecule has 1 heterocycles. The van der Waals surface area contributed by atoms with E-state index < -0.39 is 0 Å². The van der Waals surface area contributed by atoms with Gasteiger partial charge in [0, 0.05) is 12.6 Å². The molecule has 3 nitrogen and oxygen atoms in total. The summed E-state index contributed by atoms with van der Waals surface area (Å²) >= 11 is 0. The van der Waals surface area contributed by atoms with Gasteiger partial charge in [-0.1, -0.05) is 6.07 Å². The minimum atomic E-state index is 0.166. The van der Waals surface area contributed by atoms with Crippen LogP contribution in [-0.2, 0) is 0 Å². The van der Waals surface area contributed by atoms with Crippen LogP contribution >= 0.6 is 0 Å². The second kappa shape index (κ2) is 3.72. The van der Waals surface area contributed by atoms with Gasteiger partial charge < -0.3 is 10.6 Å². The van der Waals surface area contributed by atoms with Crippen LogP contribution < -0.4 is 10.6 Å². The van der Waals surface area contributed by atoms with E-state index in [-0.39, 0.29) is 5.54 Å². The van der Waals surface area contributed by atoms with Gasteiger partial charge in [0.05, 0.1) is 0 Å². The highest BCUT2D eigenvalue weighted by atomic mass is 15.1. The zero-order chi connectivity index (χ0) is 10.9. The number of nitrogens with zero attached hydrogens (tertiary/aromatic N) is 1. The Morgan fingerprint density at radius 1 is 1.27 bits per heavy atom. The highest BCUT2D eigenvalue weighted by Crippen LogP contribution is 2.40. The van der Waals surface area contributed by atoms with E-state index in [1.807, 2.05) is 25.2 Å². The Balaban J connectivity index is 2.09. The summed E-state index contributed by atoms with van der Waals surface area (Å²) in [6.45, 7) is 4.50. The number of hydrogen-bond donors (Lipinski definition) is 2. The summed E-state index contributed by atoms with van der Waals surface area (Å²) in [5.74, 6) is 2.67. The Bertz CT molecular complexity index is 342. The lowest BCUT2D eigenvalue weighted by molar-refractivity contribution is 0.492. The molecule has 82 valence electrons. The second-order valence-corrected chi connectivity index (χ2v) is 4.78. The van der Waals surface area contributed by atoms with Gasteiger partial charge in [0.25, 0.3) is 0 Å². The van der Waals surface area contributed by atoms with Crippen LogP contribution in [0.4, 0.5) is 11.6 Å². The zero-order valence-electron chi connectivity index (χ0n) is 9.67. The van der Waals surface area contributed by atoms with Crippen molar-refractivity contribution < 1.29 is 0 Å². The summed E-state index contributed by atoms with van der Waals surface area (Å²) in [4.78, 5) is 4.46. The van der Waals surface area contributed by atoms with Gasteiger partial charge in [-0.15, -0.1) is 0 Å². The van der Waals surface area contributed by atoms with Gasteiger partial charge in [-0.05, 0) is 44.7 Å². The largest absolute Gasteiger partial charge is 0.373 e. The highest BCUT2D eigenvalue weighted by molar-refractivity contribution is 5.46. The number of nitrogens with one attached hydrogen (secondary N) is 2. The molecule has 0 saturated heterocycles. The van der Waals surface area contributed by atoms with Crippen molar-refractivity contribution in [2.45, 2.75) is 32.2 Å². The van der Waals surface area contributed by atoms with Crippen molar-refractivity contribution in [3.05, 3.63) is 18.2 Å². The van der Waals surface area contributed by atoms with Crippen LogP contribution in [0.1, 0.15) is 26.7 Å². The summed E-state index contributed by atoms with van der Waals surface area (Å²) in [7, 11) is 1.89. The summed E-state index contributed by atoms with van der Waals surface area (Å²) in [5.41, 5.74) is 0.166. The number of anilines is 2. The van der Waals surface area contributed by atoms with Gasteiger partial charge in [0.15, 0.2) is 0 Å². The molecule has 0 bridgehead atoms.